The summed E-state index contributed by atoms with van der Waals surface area (Å²) in [6.07, 6.45) is 3.63. The van der Waals surface area contributed by atoms with Crippen LogP contribution in [0.1, 0.15) is 27.7 Å². The van der Waals surface area contributed by atoms with Crippen LogP contribution in [0.3, 0.4) is 0 Å². The van der Waals surface area contributed by atoms with Crippen LogP contribution in [-0.2, 0) is 9.84 Å². The summed E-state index contributed by atoms with van der Waals surface area (Å²) in [6.45, 7) is 5.49. The molecule has 2 unspecified atom stereocenters. The lowest BCUT2D eigenvalue weighted by molar-refractivity contribution is 0.0987. The Morgan fingerprint density at radius 3 is 2.38 bits per heavy atom. The zero-order valence-electron chi connectivity index (χ0n) is 12.5. The second kappa shape index (κ2) is 4.38. The van der Waals surface area contributed by atoms with Gasteiger partial charge in [0.1, 0.15) is 22.1 Å². The topological polar surface area (TPSA) is 70.0 Å². The number of amidine groups is 1. The van der Waals surface area contributed by atoms with Crippen molar-refractivity contribution in [1.29, 1.82) is 5.41 Å². The minimum atomic E-state index is -3.71. The van der Waals surface area contributed by atoms with Crippen molar-refractivity contribution in [2.24, 2.45) is 5.92 Å². The Balaban J connectivity index is 2.52. The highest BCUT2D eigenvalue weighted by molar-refractivity contribution is 7.93. The second-order valence-corrected chi connectivity index (χ2v) is 9.22. The highest BCUT2D eigenvalue weighted by atomic mass is 32.2. The lowest BCUT2D eigenvalue weighted by Crippen LogP contribution is -2.70. The molecule has 1 saturated heterocycles. The summed E-state index contributed by atoms with van der Waals surface area (Å²) in [4.78, 5) is 0. The van der Waals surface area contributed by atoms with E-state index in [0.29, 0.717) is 0 Å². The Hall–Kier alpha value is -1.24. The fraction of sp³-hybridized carbons (Fsp3) is 0.643. The van der Waals surface area contributed by atoms with Crippen LogP contribution >= 0.6 is 0 Å². The minimum absolute atomic E-state index is 0.241. The van der Waals surface area contributed by atoms with Gasteiger partial charge < -0.3 is 5.32 Å². The molecule has 2 rings (SSSR count). The predicted molar refractivity (Wildman–Crippen MR) is 78.5 cm³/mol. The van der Waals surface area contributed by atoms with Gasteiger partial charge in [-0.05, 0) is 39.8 Å². The molecule has 0 bridgehead atoms. The van der Waals surface area contributed by atoms with Gasteiger partial charge in [0.15, 0.2) is 9.84 Å². The Morgan fingerprint density at radius 2 is 1.90 bits per heavy atom. The summed E-state index contributed by atoms with van der Waals surface area (Å²) >= 11 is 0. The lowest BCUT2D eigenvalue weighted by Gasteiger charge is -2.49. The number of nitrogens with one attached hydrogen (secondary N) is 2. The van der Waals surface area contributed by atoms with Crippen LogP contribution in [0, 0.1) is 11.3 Å². The van der Waals surface area contributed by atoms with E-state index in [9.17, 15) is 17.2 Å². The fourth-order valence-corrected chi connectivity index (χ4v) is 4.83. The zero-order valence-corrected chi connectivity index (χ0v) is 13.3. The largest absolute Gasteiger partial charge is 0.366 e. The van der Waals surface area contributed by atoms with Crippen molar-refractivity contribution < 1.29 is 17.2 Å². The minimum Gasteiger partial charge on any atom is -0.366 e. The Kier molecular flexibility index (Phi) is 3.36. The van der Waals surface area contributed by atoms with Gasteiger partial charge in [0.2, 0.25) is 0 Å². The van der Waals surface area contributed by atoms with E-state index in [1.807, 2.05) is 0 Å². The molecule has 7 heteroatoms. The third-order valence-electron chi connectivity index (χ3n) is 4.43. The van der Waals surface area contributed by atoms with Gasteiger partial charge in [0, 0.05) is 0 Å². The molecule has 1 fully saturated rings. The van der Waals surface area contributed by atoms with Crippen molar-refractivity contribution in [1.82, 2.24) is 5.32 Å². The predicted octanol–water partition coefficient (Wildman–Crippen LogP) is 2.29. The van der Waals surface area contributed by atoms with Crippen LogP contribution in [0.2, 0.25) is 0 Å². The van der Waals surface area contributed by atoms with Crippen LogP contribution < -0.4 is 5.32 Å². The van der Waals surface area contributed by atoms with Crippen LogP contribution in [0.25, 0.3) is 0 Å². The van der Waals surface area contributed by atoms with E-state index in [1.165, 1.54) is 39.8 Å². The molecule has 0 amide bonds. The van der Waals surface area contributed by atoms with E-state index in [2.05, 4.69) is 5.32 Å². The van der Waals surface area contributed by atoms with Gasteiger partial charge in [-0.2, -0.15) is 0 Å². The number of hydrogen-bond donors (Lipinski definition) is 2. The molecule has 0 aromatic rings. The summed E-state index contributed by atoms with van der Waals surface area (Å²) in [5.41, 5.74) is -3.45. The molecule has 1 aliphatic heterocycles. The van der Waals surface area contributed by atoms with Gasteiger partial charge in [0.05, 0.1) is 17.2 Å². The number of rotatable bonds is 1. The van der Waals surface area contributed by atoms with Gasteiger partial charge in [-0.15, -0.1) is 0 Å². The molecule has 118 valence electrons. The van der Waals surface area contributed by atoms with E-state index in [1.54, 1.807) is 0 Å². The average molecular weight is 318 g/mol. The molecule has 0 spiro atoms. The van der Waals surface area contributed by atoms with Gasteiger partial charge >= 0.3 is 0 Å². The maximum absolute atomic E-state index is 14.7. The first-order valence-corrected chi connectivity index (χ1v) is 8.32. The maximum Gasteiger partial charge on any atom is 0.164 e. The SMILES string of the molecule is CC1(F)C=CC=C(F)C1[C@]1(C)CS(=O)(=O)C(C)(C)C(=N)N1. The molecular weight excluding hydrogens is 298 g/mol. The van der Waals surface area contributed by atoms with E-state index >= 15 is 0 Å². The molecule has 2 aliphatic rings. The standard InChI is InChI=1S/C14H20F2N2O2S/c1-12(2)11(17)18-14(4,8-21(12,19)20)10-9(15)6-5-7-13(10,3)16/h5-7,10H,8H2,1-4H3,(H2,17,18)/t10?,13?,14-/m0/s1. The number of sulfone groups is 1. The van der Waals surface area contributed by atoms with Crippen LogP contribution in [0.5, 0.6) is 0 Å². The molecule has 3 atom stereocenters. The van der Waals surface area contributed by atoms with E-state index < -0.39 is 43.3 Å². The van der Waals surface area contributed by atoms with Gasteiger partial charge in [-0.3, -0.25) is 5.41 Å². The molecule has 2 N–H and O–H groups in total. The third kappa shape index (κ3) is 2.31. The molecule has 0 saturated carbocycles. The van der Waals surface area contributed by atoms with Crippen molar-refractivity contribution >= 4 is 15.7 Å². The van der Waals surface area contributed by atoms with Gasteiger partial charge in [-0.1, -0.05) is 6.08 Å². The van der Waals surface area contributed by atoms with Crippen molar-refractivity contribution in [3.8, 4) is 0 Å². The van der Waals surface area contributed by atoms with Gasteiger partial charge in [-0.25, -0.2) is 17.2 Å². The number of allylic oxidation sites excluding steroid dienone is 3. The lowest BCUT2D eigenvalue weighted by atomic mass is 9.73. The molecule has 1 aliphatic carbocycles. The smallest absolute Gasteiger partial charge is 0.164 e. The molecule has 0 aromatic carbocycles. The summed E-state index contributed by atoms with van der Waals surface area (Å²) in [5.74, 6) is -2.70. The Labute approximate surface area is 123 Å². The van der Waals surface area contributed by atoms with Crippen LogP contribution in [0.4, 0.5) is 8.78 Å². The zero-order chi connectivity index (χ0) is 16.3. The summed E-state index contributed by atoms with van der Waals surface area (Å²) in [6, 6.07) is 0. The molecule has 21 heavy (non-hydrogen) atoms. The first-order valence-electron chi connectivity index (χ1n) is 6.67. The first kappa shape index (κ1) is 16.1. The summed E-state index contributed by atoms with van der Waals surface area (Å²) < 4.78 is 52.4. The van der Waals surface area contributed by atoms with E-state index in [0.717, 1.165) is 6.08 Å². The molecule has 4 nitrogen and oxygen atoms in total. The highest BCUT2D eigenvalue weighted by Crippen LogP contribution is 2.44. The van der Waals surface area contributed by atoms with Gasteiger partial charge in [0.25, 0.3) is 0 Å². The summed E-state index contributed by atoms with van der Waals surface area (Å²) in [5, 5.41) is 10.7. The molecule has 0 aromatic heterocycles. The summed E-state index contributed by atoms with van der Waals surface area (Å²) in [7, 11) is -3.71. The molecule has 1 heterocycles. The van der Waals surface area contributed by atoms with Crippen molar-refractivity contribution in [3.63, 3.8) is 0 Å². The normalized spacial score (nSPS) is 41.3. The Morgan fingerprint density at radius 1 is 1.33 bits per heavy atom. The van der Waals surface area contributed by atoms with Crippen LogP contribution in [0.15, 0.2) is 24.1 Å². The number of alkyl halides is 1. The van der Waals surface area contributed by atoms with Crippen molar-refractivity contribution in [2.75, 3.05) is 5.75 Å². The monoisotopic (exact) mass is 318 g/mol. The molecular formula is C14H20F2N2O2S. The quantitative estimate of drug-likeness (QED) is 0.779. The Bertz CT molecular complexity index is 650. The fourth-order valence-electron chi connectivity index (χ4n) is 3.08. The first-order chi connectivity index (χ1) is 9.33. The third-order valence-corrected chi connectivity index (χ3v) is 7.17. The van der Waals surface area contributed by atoms with E-state index in [-0.39, 0.29) is 5.84 Å². The number of halogens is 2. The van der Waals surface area contributed by atoms with E-state index in [4.69, 9.17) is 5.41 Å². The average Bonchev–Trinajstić information content (AvgIpc) is 2.23. The molecule has 0 radical (unpaired) electrons. The van der Waals surface area contributed by atoms with Crippen LogP contribution in [-0.4, -0.2) is 36.0 Å². The second-order valence-electron chi connectivity index (χ2n) is 6.68. The highest BCUT2D eigenvalue weighted by Gasteiger charge is 2.57. The van der Waals surface area contributed by atoms with Crippen molar-refractivity contribution in [3.05, 3.63) is 24.1 Å². The number of hydrogen-bond acceptors (Lipinski definition) is 3. The van der Waals surface area contributed by atoms with Crippen molar-refractivity contribution in [2.45, 2.75) is 43.6 Å². The maximum atomic E-state index is 14.7.